The molecule has 0 unspecified atom stereocenters. The molecule has 0 spiro atoms. The lowest BCUT2D eigenvalue weighted by Gasteiger charge is -2.06. The number of halogens is 1. The van der Waals surface area contributed by atoms with Gasteiger partial charge in [0.05, 0.1) is 4.53 Å². The molecule has 0 radical (unpaired) electrons. The molecular formula is C24H16ClN3O2S. The summed E-state index contributed by atoms with van der Waals surface area (Å²) < 4.78 is 7.74. The van der Waals surface area contributed by atoms with Gasteiger partial charge in [-0.3, -0.25) is 4.79 Å². The van der Waals surface area contributed by atoms with E-state index in [4.69, 9.17) is 16.3 Å². The van der Waals surface area contributed by atoms with Gasteiger partial charge in [0.15, 0.2) is 5.82 Å². The van der Waals surface area contributed by atoms with Gasteiger partial charge >= 0.3 is 0 Å². The summed E-state index contributed by atoms with van der Waals surface area (Å²) in [5.74, 6) is 1.28. The fraction of sp³-hybridized carbons (Fsp3) is 0.0417. The number of rotatable bonds is 5. The van der Waals surface area contributed by atoms with Crippen molar-refractivity contribution in [2.45, 2.75) is 6.61 Å². The predicted octanol–water partition coefficient (Wildman–Crippen LogP) is 4.60. The Balaban J connectivity index is 1.37. The second-order valence-electron chi connectivity index (χ2n) is 6.90. The van der Waals surface area contributed by atoms with Crippen LogP contribution in [0.4, 0.5) is 0 Å². The molecule has 2 heterocycles. The van der Waals surface area contributed by atoms with Gasteiger partial charge in [-0.15, -0.1) is 5.10 Å². The molecule has 0 N–H and O–H groups in total. The summed E-state index contributed by atoms with van der Waals surface area (Å²) in [7, 11) is 0. The third kappa shape index (κ3) is 4.21. The zero-order chi connectivity index (χ0) is 21.2. The molecule has 0 bridgehead atoms. The van der Waals surface area contributed by atoms with E-state index >= 15 is 0 Å². The summed E-state index contributed by atoms with van der Waals surface area (Å²) in [6.45, 7) is 0.512. The first-order valence-corrected chi connectivity index (χ1v) is 10.8. The summed E-state index contributed by atoms with van der Waals surface area (Å²) >= 11 is 7.24. The molecule has 0 aliphatic heterocycles. The van der Waals surface area contributed by atoms with Crippen molar-refractivity contribution in [3.63, 3.8) is 0 Å². The Morgan fingerprint density at radius 3 is 2.42 bits per heavy atom. The Hall–Kier alpha value is -3.48. The summed E-state index contributed by atoms with van der Waals surface area (Å²) in [5, 5.41) is 5.00. The van der Waals surface area contributed by atoms with Crippen LogP contribution in [0.1, 0.15) is 11.1 Å². The Morgan fingerprint density at radius 2 is 1.71 bits per heavy atom. The predicted molar refractivity (Wildman–Crippen MR) is 124 cm³/mol. The van der Waals surface area contributed by atoms with Gasteiger partial charge in [-0.05, 0) is 53.6 Å². The molecular weight excluding hydrogens is 430 g/mol. The van der Waals surface area contributed by atoms with Crippen LogP contribution in [0, 0.1) is 0 Å². The molecule has 0 atom stereocenters. The van der Waals surface area contributed by atoms with Crippen LogP contribution in [0.3, 0.4) is 0 Å². The lowest BCUT2D eigenvalue weighted by molar-refractivity contribution is 0.306. The van der Waals surface area contributed by atoms with Crippen LogP contribution < -0.4 is 14.8 Å². The van der Waals surface area contributed by atoms with Crippen molar-refractivity contribution in [2.75, 3.05) is 0 Å². The molecule has 0 aliphatic carbocycles. The normalized spacial score (nSPS) is 11.8. The Bertz CT molecular complexity index is 1440. The third-order valence-electron chi connectivity index (χ3n) is 4.71. The first-order chi connectivity index (χ1) is 15.2. The maximum atomic E-state index is 12.8. The molecule has 2 aromatic heterocycles. The molecule has 5 nitrogen and oxygen atoms in total. The van der Waals surface area contributed by atoms with Crippen molar-refractivity contribution in [3.8, 4) is 17.1 Å². The van der Waals surface area contributed by atoms with E-state index in [1.165, 1.54) is 15.9 Å². The molecule has 7 heteroatoms. The maximum absolute atomic E-state index is 12.8. The minimum atomic E-state index is -0.183. The molecule has 0 aliphatic rings. The summed E-state index contributed by atoms with van der Waals surface area (Å²) in [6.07, 6.45) is 1.84. The minimum Gasteiger partial charge on any atom is -0.489 e. The van der Waals surface area contributed by atoms with E-state index in [1.807, 2.05) is 72.8 Å². The van der Waals surface area contributed by atoms with Crippen molar-refractivity contribution in [1.29, 1.82) is 0 Å². The Labute approximate surface area is 186 Å². The third-order valence-corrected chi connectivity index (χ3v) is 5.92. The van der Waals surface area contributed by atoms with Crippen LogP contribution in [0.5, 0.6) is 5.75 Å². The quantitative estimate of drug-likeness (QED) is 0.397. The summed E-state index contributed by atoms with van der Waals surface area (Å²) in [6, 6.07) is 24.9. The smallest absolute Gasteiger partial charge is 0.291 e. The fourth-order valence-corrected chi connectivity index (χ4v) is 4.14. The van der Waals surface area contributed by atoms with Gasteiger partial charge < -0.3 is 4.74 Å². The van der Waals surface area contributed by atoms with E-state index < -0.39 is 0 Å². The SMILES string of the molecule is O=c1/c(=C\c2ccc(OCc3ccccc3)cc2)sc2nc(-c3ccc(Cl)cc3)nn12. The van der Waals surface area contributed by atoms with Gasteiger partial charge in [0.25, 0.3) is 5.56 Å². The average molecular weight is 446 g/mol. The number of benzene rings is 3. The maximum Gasteiger partial charge on any atom is 0.291 e. The zero-order valence-electron chi connectivity index (χ0n) is 16.2. The van der Waals surface area contributed by atoms with Crippen molar-refractivity contribution in [3.05, 3.63) is 110 Å². The van der Waals surface area contributed by atoms with Gasteiger partial charge in [-0.25, -0.2) is 0 Å². The molecule has 0 fully saturated rings. The number of hydrogen-bond acceptors (Lipinski definition) is 5. The number of hydrogen-bond donors (Lipinski definition) is 0. The highest BCUT2D eigenvalue weighted by Crippen LogP contribution is 2.19. The lowest BCUT2D eigenvalue weighted by atomic mass is 10.2. The van der Waals surface area contributed by atoms with E-state index in [0.717, 1.165) is 22.4 Å². The van der Waals surface area contributed by atoms with Crippen LogP contribution in [0.2, 0.25) is 5.02 Å². The minimum absolute atomic E-state index is 0.183. The molecule has 152 valence electrons. The van der Waals surface area contributed by atoms with Crippen molar-refractivity contribution >= 4 is 34.0 Å². The number of fused-ring (bicyclic) bond motifs is 1. The van der Waals surface area contributed by atoms with Crippen molar-refractivity contribution in [1.82, 2.24) is 14.6 Å². The fourth-order valence-electron chi connectivity index (χ4n) is 3.11. The van der Waals surface area contributed by atoms with Gasteiger partial charge in [-0.2, -0.15) is 9.50 Å². The van der Waals surface area contributed by atoms with E-state index in [9.17, 15) is 4.79 Å². The molecule has 5 aromatic rings. The first kappa shape index (κ1) is 19.5. The average Bonchev–Trinajstić information content (AvgIpc) is 3.34. The van der Waals surface area contributed by atoms with E-state index in [1.54, 1.807) is 12.1 Å². The van der Waals surface area contributed by atoms with Gasteiger partial charge in [0, 0.05) is 10.6 Å². The van der Waals surface area contributed by atoms with Gasteiger partial charge in [-0.1, -0.05) is 65.4 Å². The largest absolute Gasteiger partial charge is 0.489 e. The van der Waals surface area contributed by atoms with E-state index in [0.29, 0.717) is 26.9 Å². The standard InChI is InChI=1S/C24H16ClN3O2S/c25-19-10-8-18(9-11-19)22-26-24-28(27-22)23(29)21(31-24)14-16-6-12-20(13-7-16)30-15-17-4-2-1-3-5-17/h1-14H,15H2/b21-14+. The summed E-state index contributed by atoms with van der Waals surface area (Å²) in [5.41, 5.74) is 2.65. The van der Waals surface area contributed by atoms with Crippen LogP contribution in [-0.2, 0) is 6.61 Å². The topological polar surface area (TPSA) is 56.5 Å². The monoisotopic (exact) mass is 445 g/mol. The lowest BCUT2D eigenvalue weighted by Crippen LogP contribution is -2.23. The van der Waals surface area contributed by atoms with E-state index in [-0.39, 0.29) is 5.56 Å². The second kappa shape index (κ2) is 8.34. The number of thiazole rings is 1. The zero-order valence-corrected chi connectivity index (χ0v) is 17.8. The van der Waals surface area contributed by atoms with Crippen LogP contribution in [-0.4, -0.2) is 14.6 Å². The van der Waals surface area contributed by atoms with Gasteiger partial charge in [0.2, 0.25) is 4.96 Å². The highest BCUT2D eigenvalue weighted by molar-refractivity contribution is 7.15. The van der Waals surface area contributed by atoms with Crippen molar-refractivity contribution < 1.29 is 4.74 Å². The van der Waals surface area contributed by atoms with Crippen LogP contribution >= 0.6 is 22.9 Å². The van der Waals surface area contributed by atoms with Gasteiger partial charge in [0.1, 0.15) is 12.4 Å². The Kier molecular flexibility index (Phi) is 5.24. The second-order valence-corrected chi connectivity index (χ2v) is 8.34. The first-order valence-electron chi connectivity index (χ1n) is 9.60. The molecule has 0 amide bonds. The van der Waals surface area contributed by atoms with Crippen molar-refractivity contribution in [2.24, 2.45) is 0 Å². The molecule has 0 saturated carbocycles. The van der Waals surface area contributed by atoms with Crippen LogP contribution in [0.25, 0.3) is 22.4 Å². The molecule has 31 heavy (non-hydrogen) atoms. The number of ether oxygens (including phenoxy) is 1. The van der Waals surface area contributed by atoms with E-state index in [2.05, 4.69) is 10.1 Å². The number of aromatic nitrogens is 3. The molecule has 0 saturated heterocycles. The number of nitrogens with zero attached hydrogens (tertiary/aromatic N) is 3. The highest BCUT2D eigenvalue weighted by atomic mass is 35.5. The van der Waals surface area contributed by atoms with Crippen LogP contribution in [0.15, 0.2) is 83.7 Å². The summed E-state index contributed by atoms with van der Waals surface area (Å²) in [4.78, 5) is 17.8. The molecule has 3 aromatic carbocycles. The Morgan fingerprint density at radius 1 is 0.968 bits per heavy atom. The highest BCUT2D eigenvalue weighted by Gasteiger charge is 2.12. The molecule has 5 rings (SSSR count).